The minimum absolute atomic E-state index is 0.0550. The molecule has 0 aromatic rings. The van der Waals surface area contributed by atoms with Gasteiger partial charge in [0, 0.05) is 12.3 Å². The number of carbonyl (C=O) groups excluding carboxylic acids is 2. The normalized spacial score (nSPS) is 45.2. The number of carboxylic acids is 2. The zero-order chi connectivity index (χ0) is 24.5. The van der Waals surface area contributed by atoms with E-state index in [1.807, 2.05) is 6.92 Å². The van der Waals surface area contributed by atoms with Crippen molar-refractivity contribution in [3.8, 4) is 0 Å². The first-order valence-corrected chi connectivity index (χ1v) is 12.2. The molecule has 3 saturated carbocycles. The van der Waals surface area contributed by atoms with Gasteiger partial charge in [0.2, 0.25) is 0 Å². The fourth-order valence-electron chi connectivity index (χ4n) is 8.76. The molecule has 33 heavy (non-hydrogen) atoms. The van der Waals surface area contributed by atoms with Gasteiger partial charge in [0.1, 0.15) is 0 Å². The van der Waals surface area contributed by atoms with Gasteiger partial charge in [0.15, 0.2) is 0 Å². The number of esters is 2. The van der Waals surface area contributed by atoms with Crippen LogP contribution in [0, 0.1) is 51.8 Å². The maximum atomic E-state index is 12.9. The Morgan fingerprint density at radius 1 is 1.06 bits per heavy atom. The number of ether oxygens (including phenoxy) is 1. The first-order valence-electron chi connectivity index (χ1n) is 12.2. The lowest BCUT2D eigenvalue weighted by atomic mass is 9.34. The summed E-state index contributed by atoms with van der Waals surface area (Å²) in [6.07, 6.45) is 7.48. The lowest BCUT2D eigenvalue weighted by Gasteiger charge is -2.68. The van der Waals surface area contributed by atoms with Crippen molar-refractivity contribution in [2.75, 3.05) is 0 Å². The smallest absolute Gasteiger partial charge is 0.318 e. The molecule has 4 fully saturated rings. The number of allylic oxidation sites excluding steroid dienone is 2. The monoisotopic (exact) mass is 460 g/mol. The molecule has 1 saturated heterocycles. The summed E-state index contributed by atoms with van der Waals surface area (Å²) in [5.74, 6) is -2.17. The zero-order valence-corrected chi connectivity index (χ0v) is 20.2. The van der Waals surface area contributed by atoms with E-state index in [1.165, 1.54) is 5.57 Å². The van der Waals surface area contributed by atoms with E-state index in [2.05, 4.69) is 26.8 Å². The number of rotatable bonds is 2. The molecule has 8 atom stereocenters. The van der Waals surface area contributed by atoms with Gasteiger partial charge in [-0.05, 0) is 68.1 Å². The van der Waals surface area contributed by atoms with Gasteiger partial charge in [-0.1, -0.05) is 38.8 Å². The summed E-state index contributed by atoms with van der Waals surface area (Å²) >= 11 is 0. The fourth-order valence-corrected chi connectivity index (χ4v) is 8.76. The summed E-state index contributed by atoms with van der Waals surface area (Å²) in [7, 11) is 0. The third-order valence-corrected chi connectivity index (χ3v) is 9.89. The first kappa shape index (κ1) is 24.0. The Bertz CT molecular complexity index is 931. The van der Waals surface area contributed by atoms with Crippen LogP contribution in [0.2, 0.25) is 0 Å². The van der Waals surface area contributed by atoms with Crippen LogP contribution in [0.15, 0.2) is 11.6 Å². The zero-order valence-electron chi connectivity index (χ0n) is 20.2. The summed E-state index contributed by atoms with van der Waals surface area (Å²) in [6.45, 7) is 9.64. The van der Waals surface area contributed by atoms with E-state index < -0.39 is 17.4 Å². The lowest BCUT2D eigenvalue weighted by molar-refractivity contribution is -0.195. The number of fused-ring (bicyclic) bond motifs is 1. The third-order valence-electron chi connectivity index (χ3n) is 9.89. The molecular formula is C26H36O7. The molecule has 1 spiro atoms. The van der Waals surface area contributed by atoms with Crippen molar-refractivity contribution in [1.29, 1.82) is 0 Å². The van der Waals surface area contributed by atoms with E-state index in [1.54, 1.807) is 0 Å². The van der Waals surface area contributed by atoms with Gasteiger partial charge >= 0.3 is 17.9 Å². The maximum Gasteiger partial charge on any atom is 0.318 e. The van der Waals surface area contributed by atoms with Crippen molar-refractivity contribution in [3.05, 3.63) is 11.6 Å². The standard InChI is InChI=1S/C24H32O5.C2H4O2/c1-12(2)14-11-24-9-6-15-22(3,7-5-8-23(15,4)21(27)28)16(24)10-13(14)17-18(24)20(26)29-19(17)25;1-2(3)4/h11-13,15-18H,5-10H2,1-4H3,(H,27,28);1H3,(H,3,4)/t13-,15+,16+,17+,18-,22-,23+,24-;/m1./s1. The number of carbonyl (C=O) groups is 4. The number of carboxylic acid groups (broad SMARTS) is 2. The van der Waals surface area contributed by atoms with Gasteiger partial charge < -0.3 is 14.9 Å². The molecule has 0 radical (unpaired) electrons. The molecule has 2 N–H and O–H groups in total. The van der Waals surface area contributed by atoms with Crippen LogP contribution in [-0.2, 0) is 23.9 Å². The third kappa shape index (κ3) is 3.21. The summed E-state index contributed by atoms with van der Waals surface area (Å²) < 4.78 is 5.20. The van der Waals surface area contributed by atoms with Crippen LogP contribution in [0.5, 0.6) is 0 Å². The minimum Gasteiger partial charge on any atom is -0.481 e. The van der Waals surface area contributed by atoms with Crippen LogP contribution in [0.1, 0.15) is 73.1 Å². The second-order valence-corrected chi connectivity index (χ2v) is 11.7. The molecule has 6 aliphatic rings. The number of hydrogen-bond acceptors (Lipinski definition) is 5. The highest BCUT2D eigenvalue weighted by molar-refractivity contribution is 5.98. The van der Waals surface area contributed by atoms with Crippen LogP contribution in [-0.4, -0.2) is 34.1 Å². The van der Waals surface area contributed by atoms with Gasteiger partial charge in [0.05, 0.1) is 17.3 Å². The minimum atomic E-state index is -0.833. The second-order valence-electron chi connectivity index (χ2n) is 11.7. The van der Waals surface area contributed by atoms with Crippen molar-refractivity contribution in [2.45, 2.75) is 73.1 Å². The Balaban J connectivity index is 0.000000601. The highest BCUT2D eigenvalue weighted by Gasteiger charge is 2.73. The van der Waals surface area contributed by atoms with E-state index in [0.717, 1.165) is 45.4 Å². The molecule has 2 bridgehead atoms. The predicted octanol–water partition coefficient (Wildman–Crippen LogP) is 4.30. The molecule has 0 amide bonds. The number of hydrogen-bond donors (Lipinski definition) is 2. The Morgan fingerprint density at radius 2 is 1.70 bits per heavy atom. The molecular weight excluding hydrogens is 424 g/mol. The first-order chi connectivity index (χ1) is 15.3. The van der Waals surface area contributed by atoms with Crippen LogP contribution < -0.4 is 0 Å². The van der Waals surface area contributed by atoms with Gasteiger partial charge in [-0.15, -0.1) is 0 Å². The van der Waals surface area contributed by atoms with Crippen molar-refractivity contribution in [3.63, 3.8) is 0 Å². The molecule has 0 aromatic heterocycles. The van der Waals surface area contributed by atoms with Gasteiger partial charge in [-0.3, -0.25) is 19.2 Å². The van der Waals surface area contributed by atoms with Crippen molar-refractivity contribution in [2.24, 2.45) is 51.8 Å². The van der Waals surface area contributed by atoms with Crippen molar-refractivity contribution in [1.82, 2.24) is 0 Å². The average Bonchev–Trinajstić information content (AvgIpc) is 3.03. The van der Waals surface area contributed by atoms with E-state index in [9.17, 15) is 19.5 Å². The van der Waals surface area contributed by atoms with Crippen LogP contribution >= 0.6 is 0 Å². The molecule has 1 heterocycles. The van der Waals surface area contributed by atoms with Crippen molar-refractivity contribution < 1.29 is 34.1 Å². The summed E-state index contributed by atoms with van der Waals surface area (Å²) in [6, 6.07) is 0. The molecule has 0 unspecified atom stereocenters. The maximum absolute atomic E-state index is 12.9. The van der Waals surface area contributed by atoms with Crippen molar-refractivity contribution >= 4 is 23.9 Å². The van der Waals surface area contributed by atoms with Crippen LogP contribution in [0.4, 0.5) is 0 Å². The number of aliphatic carboxylic acids is 2. The van der Waals surface area contributed by atoms with Crippen LogP contribution in [0.25, 0.3) is 0 Å². The second kappa shape index (κ2) is 7.67. The molecule has 182 valence electrons. The van der Waals surface area contributed by atoms with Crippen LogP contribution in [0.3, 0.4) is 0 Å². The molecule has 7 nitrogen and oxygen atoms in total. The predicted molar refractivity (Wildman–Crippen MR) is 119 cm³/mol. The van der Waals surface area contributed by atoms with E-state index in [0.29, 0.717) is 5.92 Å². The Kier molecular flexibility index (Phi) is 5.57. The summed E-state index contributed by atoms with van der Waals surface area (Å²) in [4.78, 5) is 46.8. The molecule has 6 rings (SSSR count). The molecule has 1 aliphatic heterocycles. The topological polar surface area (TPSA) is 118 Å². The van der Waals surface area contributed by atoms with E-state index in [-0.39, 0.29) is 52.4 Å². The number of cyclic esters (lactones) is 2. The highest BCUT2D eigenvalue weighted by atomic mass is 16.6. The summed E-state index contributed by atoms with van der Waals surface area (Å²) in [5, 5.41) is 17.5. The largest absolute Gasteiger partial charge is 0.481 e. The van der Waals surface area contributed by atoms with E-state index >= 15 is 0 Å². The Labute approximate surface area is 194 Å². The Morgan fingerprint density at radius 3 is 2.27 bits per heavy atom. The SMILES string of the molecule is CC(=O)O.CC(C)C1=C[C@]23CC[C@H]4[C@@](C)(CCC[C@]4(C)C(=O)O)[C@@H]2C[C@H]1[C@@H]1C(=O)OC(=O)[C@@H]13. The highest BCUT2D eigenvalue weighted by Crippen LogP contribution is 2.74. The molecule has 7 heteroatoms. The lowest BCUT2D eigenvalue weighted by Crippen LogP contribution is -2.65. The van der Waals surface area contributed by atoms with Gasteiger partial charge in [-0.2, -0.15) is 0 Å². The quantitative estimate of drug-likeness (QED) is 0.358. The Hall–Kier alpha value is -2.18. The van der Waals surface area contributed by atoms with Gasteiger partial charge in [0.25, 0.3) is 5.97 Å². The van der Waals surface area contributed by atoms with Gasteiger partial charge in [-0.25, -0.2) is 0 Å². The summed E-state index contributed by atoms with van der Waals surface area (Å²) in [5.41, 5.74) is 0.122. The van der Waals surface area contributed by atoms with E-state index in [4.69, 9.17) is 14.6 Å². The molecule has 0 aromatic carbocycles. The molecule has 5 aliphatic carbocycles. The fraction of sp³-hybridized carbons (Fsp3) is 0.769. The average molecular weight is 461 g/mol.